The second-order valence-electron chi connectivity index (χ2n) is 7.58. The van der Waals surface area contributed by atoms with Gasteiger partial charge < -0.3 is 4.90 Å². The molecule has 7 heteroatoms. The van der Waals surface area contributed by atoms with Crippen LogP contribution in [0.1, 0.15) is 31.2 Å². The van der Waals surface area contributed by atoms with E-state index in [2.05, 4.69) is 15.1 Å². The molecule has 2 aromatic carbocycles. The van der Waals surface area contributed by atoms with E-state index in [0.29, 0.717) is 22.7 Å². The molecule has 3 heterocycles. The van der Waals surface area contributed by atoms with Crippen molar-refractivity contribution >= 4 is 34.2 Å². The Bertz CT molecular complexity index is 1220. The van der Waals surface area contributed by atoms with Gasteiger partial charge in [0.05, 0.1) is 17.4 Å². The monoisotopic (exact) mass is 407 g/mol. The van der Waals surface area contributed by atoms with Crippen LogP contribution in [-0.2, 0) is 6.54 Å². The molecular weight excluding hydrogens is 386 g/mol. The van der Waals surface area contributed by atoms with Gasteiger partial charge in [0.15, 0.2) is 0 Å². The van der Waals surface area contributed by atoms with E-state index in [4.69, 9.17) is 11.6 Å². The fourth-order valence-electron chi connectivity index (χ4n) is 4.15. The summed E-state index contributed by atoms with van der Waals surface area (Å²) in [6, 6.07) is 15.4. The maximum absolute atomic E-state index is 13.3. The molecule has 0 spiro atoms. The smallest absolute Gasteiger partial charge is 0.263 e. The third kappa shape index (κ3) is 3.27. The molecular formula is C22H22ClN5O. The number of anilines is 1. The second kappa shape index (κ2) is 7.52. The maximum atomic E-state index is 13.3. The first-order chi connectivity index (χ1) is 14.2. The lowest BCUT2D eigenvalue weighted by Gasteiger charge is -2.21. The molecule has 29 heavy (non-hydrogen) atoms. The van der Waals surface area contributed by atoms with E-state index >= 15 is 0 Å². The molecule has 1 fully saturated rings. The minimum absolute atomic E-state index is 0.0807. The van der Waals surface area contributed by atoms with Crippen LogP contribution in [-0.4, -0.2) is 32.3 Å². The van der Waals surface area contributed by atoms with Gasteiger partial charge in [-0.3, -0.25) is 9.36 Å². The van der Waals surface area contributed by atoms with Crippen molar-refractivity contribution in [2.75, 3.05) is 18.0 Å². The zero-order chi connectivity index (χ0) is 19.8. The first kappa shape index (κ1) is 18.2. The molecule has 0 amide bonds. The molecule has 2 aromatic heterocycles. The summed E-state index contributed by atoms with van der Waals surface area (Å²) in [5.41, 5.74) is 1.72. The van der Waals surface area contributed by atoms with Gasteiger partial charge >= 0.3 is 0 Å². The van der Waals surface area contributed by atoms with Gasteiger partial charge in [-0.25, -0.2) is 4.40 Å². The van der Waals surface area contributed by atoms with Crippen LogP contribution in [0.25, 0.3) is 16.7 Å². The third-order valence-corrected chi connectivity index (χ3v) is 5.85. The summed E-state index contributed by atoms with van der Waals surface area (Å²) in [5.74, 6) is 1.34. The van der Waals surface area contributed by atoms with Crippen LogP contribution >= 0.6 is 11.6 Å². The summed E-state index contributed by atoms with van der Waals surface area (Å²) < 4.78 is 3.71. The Kier molecular flexibility index (Phi) is 4.72. The van der Waals surface area contributed by atoms with Crippen LogP contribution in [0.15, 0.2) is 53.3 Å². The molecule has 0 atom stereocenters. The zero-order valence-electron chi connectivity index (χ0n) is 16.1. The van der Waals surface area contributed by atoms with Crippen molar-refractivity contribution in [3.05, 3.63) is 69.5 Å². The van der Waals surface area contributed by atoms with Crippen molar-refractivity contribution in [1.29, 1.82) is 0 Å². The molecule has 1 aliphatic heterocycles. The fraction of sp³-hybridized carbons (Fsp3) is 0.318. The van der Waals surface area contributed by atoms with Crippen molar-refractivity contribution in [2.24, 2.45) is 0 Å². The van der Waals surface area contributed by atoms with Gasteiger partial charge in [0, 0.05) is 18.1 Å². The van der Waals surface area contributed by atoms with E-state index in [1.807, 2.05) is 40.8 Å². The molecule has 0 N–H and O–H groups in total. The highest BCUT2D eigenvalue weighted by Gasteiger charge is 2.21. The van der Waals surface area contributed by atoms with E-state index in [1.165, 1.54) is 12.8 Å². The normalized spacial score (nSPS) is 15.1. The van der Waals surface area contributed by atoms with Crippen molar-refractivity contribution in [2.45, 2.75) is 32.2 Å². The number of halogens is 1. The number of nitrogens with zero attached hydrogens (tertiary/aromatic N) is 5. The number of hydrogen-bond donors (Lipinski definition) is 0. The van der Waals surface area contributed by atoms with Gasteiger partial charge in [0.25, 0.3) is 5.56 Å². The van der Waals surface area contributed by atoms with E-state index in [9.17, 15) is 4.79 Å². The Morgan fingerprint density at radius 2 is 1.69 bits per heavy atom. The number of hydrogen-bond acceptors (Lipinski definition) is 4. The Morgan fingerprint density at radius 3 is 2.45 bits per heavy atom. The largest absolute Gasteiger partial charge is 0.341 e. The molecule has 6 nitrogen and oxygen atoms in total. The van der Waals surface area contributed by atoms with Crippen LogP contribution < -0.4 is 10.5 Å². The summed E-state index contributed by atoms with van der Waals surface area (Å²) in [6.45, 7) is 2.33. The van der Waals surface area contributed by atoms with Crippen LogP contribution in [0.3, 0.4) is 0 Å². The highest BCUT2D eigenvalue weighted by molar-refractivity contribution is 6.31. The topological polar surface area (TPSA) is 55.4 Å². The first-order valence-corrected chi connectivity index (χ1v) is 10.5. The maximum Gasteiger partial charge on any atom is 0.263 e. The molecule has 0 aliphatic carbocycles. The van der Waals surface area contributed by atoms with Crippen LogP contribution in [0, 0.1) is 0 Å². The predicted octanol–water partition coefficient (Wildman–Crippen LogP) is 4.13. The molecule has 0 unspecified atom stereocenters. The quantitative estimate of drug-likeness (QED) is 0.512. The molecule has 148 valence electrons. The average molecular weight is 408 g/mol. The number of benzene rings is 2. The number of aromatic nitrogens is 4. The lowest BCUT2D eigenvalue weighted by atomic mass is 10.2. The van der Waals surface area contributed by atoms with E-state index in [0.717, 1.165) is 43.0 Å². The molecule has 0 saturated carbocycles. The van der Waals surface area contributed by atoms with Crippen molar-refractivity contribution < 1.29 is 0 Å². The summed E-state index contributed by atoms with van der Waals surface area (Å²) >= 11 is 6.30. The van der Waals surface area contributed by atoms with Gasteiger partial charge in [-0.2, -0.15) is 0 Å². The number of fused-ring (bicyclic) bond motifs is 3. The highest BCUT2D eigenvalue weighted by Crippen LogP contribution is 2.25. The summed E-state index contributed by atoms with van der Waals surface area (Å²) in [5, 5.41) is 10.2. The van der Waals surface area contributed by atoms with E-state index in [1.54, 1.807) is 16.7 Å². The second-order valence-corrected chi connectivity index (χ2v) is 8.01. The predicted molar refractivity (Wildman–Crippen MR) is 116 cm³/mol. The first-order valence-electron chi connectivity index (χ1n) is 10.1. The minimum atomic E-state index is -0.0807. The van der Waals surface area contributed by atoms with Crippen molar-refractivity contribution in [3.63, 3.8) is 0 Å². The van der Waals surface area contributed by atoms with Gasteiger partial charge in [0.1, 0.15) is 0 Å². The molecule has 1 aliphatic rings. The van der Waals surface area contributed by atoms with Crippen LogP contribution in [0.4, 0.5) is 5.95 Å². The van der Waals surface area contributed by atoms with E-state index in [-0.39, 0.29) is 5.56 Å². The highest BCUT2D eigenvalue weighted by atomic mass is 35.5. The Hall–Kier alpha value is -2.86. The summed E-state index contributed by atoms with van der Waals surface area (Å²) in [6.07, 6.45) is 4.74. The van der Waals surface area contributed by atoms with Gasteiger partial charge in [0.2, 0.25) is 11.7 Å². The Balaban J connectivity index is 1.77. The van der Waals surface area contributed by atoms with Gasteiger partial charge in [-0.05, 0) is 36.6 Å². The standard InChI is InChI=1S/C22H22ClN5O/c23-17-10-11-18-19(14-17)28-21(26-12-6-1-2-7-13-26)24-25-22(28)27(20(18)29)15-16-8-4-3-5-9-16/h3-5,8-11,14H,1-2,6-7,12-13,15H2. The van der Waals surface area contributed by atoms with E-state index < -0.39 is 0 Å². The molecule has 0 bridgehead atoms. The van der Waals surface area contributed by atoms with Crippen molar-refractivity contribution in [1.82, 2.24) is 19.2 Å². The van der Waals surface area contributed by atoms with Crippen LogP contribution in [0.2, 0.25) is 5.02 Å². The molecule has 1 saturated heterocycles. The van der Waals surface area contributed by atoms with Gasteiger partial charge in [-0.1, -0.05) is 54.8 Å². The average Bonchev–Trinajstić information content (AvgIpc) is 2.99. The van der Waals surface area contributed by atoms with Crippen molar-refractivity contribution in [3.8, 4) is 0 Å². The lowest BCUT2D eigenvalue weighted by Crippen LogP contribution is -2.28. The zero-order valence-corrected chi connectivity index (χ0v) is 16.8. The summed E-state index contributed by atoms with van der Waals surface area (Å²) in [7, 11) is 0. The number of rotatable bonds is 3. The minimum Gasteiger partial charge on any atom is -0.341 e. The third-order valence-electron chi connectivity index (χ3n) is 5.62. The molecule has 0 radical (unpaired) electrons. The summed E-state index contributed by atoms with van der Waals surface area (Å²) in [4.78, 5) is 15.6. The van der Waals surface area contributed by atoms with Crippen LogP contribution in [0.5, 0.6) is 0 Å². The Morgan fingerprint density at radius 1 is 0.931 bits per heavy atom. The van der Waals surface area contributed by atoms with Gasteiger partial charge in [-0.15, -0.1) is 10.2 Å². The molecule has 4 aromatic rings. The SMILES string of the molecule is O=c1c2ccc(Cl)cc2n2c(N3CCCCCC3)nnc2n1Cc1ccccc1. The lowest BCUT2D eigenvalue weighted by molar-refractivity contribution is 0.726. The molecule has 5 rings (SSSR count). The Labute approximate surface area is 173 Å². The fourth-order valence-corrected chi connectivity index (χ4v) is 4.32.